The van der Waals surface area contributed by atoms with Crippen molar-refractivity contribution in [2.24, 2.45) is 0 Å². The highest BCUT2D eigenvalue weighted by Gasteiger charge is 2.35. The highest BCUT2D eigenvalue weighted by atomic mass is 19.4. The van der Waals surface area contributed by atoms with Crippen molar-refractivity contribution in [2.75, 3.05) is 61.9 Å². The number of carbonyl (C=O) groups excluding carboxylic acids is 1. The van der Waals surface area contributed by atoms with E-state index in [0.29, 0.717) is 37.0 Å². The van der Waals surface area contributed by atoms with E-state index in [2.05, 4.69) is 37.8 Å². The zero-order valence-corrected chi connectivity index (χ0v) is 22.4. The standard InChI is InChI=1S/C26H27F4N7O2.CH3F/c1-3-23(38)33-16-5-4-6-17(11-16)34-24-20(26(28,29)30)13-31-25(36-24)35-21-8-7-18(12-22(21)39-2)32-19-14-37(15-19)10-9-27;1-2/h3-8,11-13,19,32H,1,9-10,14-15H2,2H3,(H,33,38)(H2,31,34,35,36);1H3. The second-order valence-electron chi connectivity index (χ2n) is 8.68. The summed E-state index contributed by atoms with van der Waals surface area (Å²) >= 11 is 0. The number of hydrogen-bond acceptors (Lipinski definition) is 8. The van der Waals surface area contributed by atoms with E-state index in [9.17, 15) is 26.7 Å². The Labute approximate surface area is 233 Å². The average molecular weight is 580 g/mol. The first kappa shape index (κ1) is 31.1. The van der Waals surface area contributed by atoms with Gasteiger partial charge in [-0.1, -0.05) is 12.6 Å². The Bertz CT molecular complexity index is 1330. The lowest BCUT2D eigenvalue weighted by atomic mass is 10.1. The molecular weight excluding hydrogens is 549 g/mol. The number of rotatable bonds is 11. The molecule has 1 amide bonds. The molecule has 0 atom stereocenters. The van der Waals surface area contributed by atoms with Gasteiger partial charge in [0.05, 0.1) is 26.0 Å². The Morgan fingerprint density at radius 1 is 1.12 bits per heavy atom. The first-order valence-electron chi connectivity index (χ1n) is 12.3. The molecule has 2 aromatic carbocycles. The molecule has 4 rings (SSSR count). The first-order chi connectivity index (χ1) is 19.7. The summed E-state index contributed by atoms with van der Waals surface area (Å²) in [6.07, 6.45) is -2.96. The molecule has 0 saturated carbocycles. The van der Waals surface area contributed by atoms with Crippen LogP contribution in [0, 0.1) is 0 Å². The molecule has 1 saturated heterocycles. The molecular formula is C27H30F5N7O2. The molecule has 1 fully saturated rings. The molecule has 0 radical (unpaired) electrons. The van der Waals surface area contributed by atoms with Crippen molar-refractivity contribution in [1.82, 2.24) is 14.9 Å². The van der Waals surface area contributed by atoms with Crippen LogP contribution in [0.25, 0.3) is 0 Å². The van der Waals surface area contributed by atoms with E-state index in [1.54, 1.807) is 30.3 Å². The number of amides is 1. The quantitative estimate of drug-likeness (QED) is 0.168. The van der Waals surface area contributed by atoms with Crippen LogP contribution in [0.1, 0.15) is 5.56 Å². The Hall–Kier alpha value is -4.46. The van der Waals surface area contributed by atoms with E-state index in [1.807, 2.05) is 4.90 Å². The van der Waals surface area contributed by atoms with Crippen molar-refractivity contribution in [3.63, 3.8) is 0 Å². The van der Waals surface area contributed by atoms with Gasteiger partial charge in [-0.15, -0.1) is 0 Å². The van der Waals surface area contributed by atoms with E-state index < -0.39 is 23.5 Å². The molecule has 0 spiro atoms. The Morgan fingerprint density at radius 2 is 1.85 bits per heavy atom. The van der Waals surface area contributed by atoms with Gasteiger partial charge in [-0.25, -0.2) is 9.37 Å². The van der Waals surface area contributed by atoms with Crippen LogP contribution in [0.15, 0.2) is 61.3 Å². The minimum absolute atomic E-state index is 0.0959. The summed E-state index contributed by atoms with van der Waals surface area (Å²) in [6, 6.07) is 11.5. The van der Waals surface area contributed by atoms with Crippen LogP contribution >= 0.6 is 0 Å². The maximum absolute atomic E-state index is 13.7. The summed E-state index contributed by atoms with van der Waals surface area (Å²) in [6.45, 7) is 4.85. The summed E-state index contributed by atoms with van der Waals surface area (Å²) < 4.78 is 68.6. The van der Waals surface area contributed by atoms with Gasteiger partial charge in [-0.3, -0.25) is 14.1 Å². The SMILES string of the molecule is C=CC(=O)Nc1cccc(Nc2nc(Nc3ccc(NC4CN(CCF)C4)cc3OC)ncc2C(F)(F)F)c1.CF. The average Bonchev–Trinajstić information content (AvgIpc) is 2.93. The number of benzene rings is 2. The van der Waals surface area contributed by atoms with Crippen LogP contribution in [0.5, 0.6) is 5.75 Å². The van der Waals surface area contributed by atoms with Gasteiger partial charge in [-0.05, 0) is 36.4 Å². The van der Waals surface area contributed by atoms with Crippen LogP contribution in [0.4, 0.5) is 56.5 Å². The number of alkyl halides is 5. The minimum atomic E-state index is -4.72. The van der Waals surface area contributed by atoms with Gasteiger partial charge in [0.25, 0.3) is 0 Å². The van der Waals surface area contributed by atoms with Crippen molar-refractivity contribution < 1.29 is 31.5 Å². The zero-order chi connectivity index (χ0) is 30.0. The van der Waals surface area contributed by atoms with Crippen LogP contribution in [-0.2, 0) is 11.0 Å². The van der Waals surface area contributed by atoms with E-state index in [4.69, 9.17) is 4.74 Å². The fourth-order valence-electron chi connectivity index (χ4n) is 3.95. The fourth-order valence-corrected chi connectivity index (χ4v) is 3.95. The highest BCUT2D eigenvalue weighted by molar-refractivity contribution is 5.99. The molecule has 14 heteroatoms. The van der Waals surface area contributed by atoms with E-state index >= 15 is 0 Å². The highest BCUT2D eigenvalue weighted by Crippen LogP contribution is 2.36. The van der Waals surface area contributed by atoms with Crippen LogP contribution < -0.4 is 26.0 Å². The second kappa shape index (κ2) is 14.3. The Kier molecular flexibility index (Phi) is 10.8. The summed E-state index contributed by atoms with van der Waals surface area (Å²) in [5, 5.41) is 11.5. The molecule has 0 aliphatic carbocycles. The number of nitrogens with zero attached hydrogens (tertiary/aromatic N) is 3. The largest absolute Gasteiger partial charge is 0.494 e. The Balaban J connectivity index is 0.00000226. The molecule has 9 nitrogen and oxygen atoms in total. The van der Waals surface area contributed by atoms with Gasteiger partial charge in [-0.2, -0.15) is 18.2 Å². The predicted molar refractivity (Wildman–Crippen MR) is 149 cm³/mol. The lowest BCUT2D eigenvalue weighted by Crippen LogP contribution is -2.55. The monoisotopic (exact) mass is 579 g/mol. The fraction of sp³-hybridized carbons (Fsp3) is 0.296. The third-order valence-electron chi connectivity index (χ3n) is 5.85. The number of carbonyl (C=O) groups is 1. The van der Waals surface area contributed by atoms with Gasteiger partial charge < -0.3 is 26.0 Å². The van der Waals surface area contributed by atoms with Gasteiger partial charge >= 0.3 is 6.18 Å². The summed E-state index contributed by atoms with van der Waals surface area (Å²) in [4.78, 5) is 21.5. The van der Waals surface area contributed by atoms with Crippen LogP contribution in [0.2, 0.25) is 0 Å². The number of nitrogens with one attached hydrogen (secondary N) is 4. The van der Waals surface area contributed by atoms with E-state index in [1.165, 1.54) is 19.2 Å². The molecule has 2 heterocycles. The van der Waals surface area contributed by atoms with Crippen molar-refractivity contribution in [3.8, 4) is 5.75 Å². The molecule has 41 heavy (non-hydrogen) atoms. The maximum atomic E-state index is 13.7. The number of hydrogen-bond donors (Lipinski definition) is 4. The lowest BCUT2D eigenvalue weighted by molar-refractivity contribution is -0.137. The van der Waals surface area contributed by atoms with Gasteiger partial charge in [0.2, 0.25) is 11.9 Å². The molecule has 0 unspecified atom stereocenters. The van der Waals surface area contributed by atoms with E-state index in [-0.39, 0.29) is 24.4 Å². The summed E-state index contributed by atoms with van der Waals surface area (Å²) in [7, 11) is 1.97. The summed E-state index contributed by atoms with van der Waals surface area (Å²) in [5.41, 5.74) is 0.779. The lowest BCUT2D eigenvalue weighted by Gasteiger charge is -2.39. The number of ether oxygens (including phenoxy) is 1. The van der Waals surface area contributed by atoms with Crippen molar-refractivity contribution in [2.45, 2.75) is 12.2 Å². The predicted octanol–water partition coefficient (Wildman–Crippen LogP) is 5.77. The molecule has 1 aromatic heterocycles. The van der Waals surface area contributed by atoms with E-state index in [0.717, 1.165) is 24.9 Å². The van der Waals surface area contributed by atoms with Gasteiger partial charge in [0.15, 0.2) is 0 Å². The van der Waals surface area contributed by atoms with Gasteiger partial charge in [0.1, 0.15) is 23.8 Å². The molecule has 4 N–H and O–H groups in total. The van der Waals surface area contributed by atoms with Crippen LogP contribution in [-0.4, -0.2) is 67.4 Å². The number of halogens is 5. The third-order valence-corrected chi connectivity index (χ3v) is 5.85. The molecule has 1 aliphatic rings. The maximum Gasteiger partial charge on any atom is 0.421 e. The van der Waals surface area contributed by atoms with Crippen molar-refractivity contribution in [3.05, 3.63) is 66.9 Å². The summed E-state index contributed by atoms with van der Waals surface area (Å²) in [5.74, 6) is -0.615. The number of aromatic nitrogens is 2. The molecule has 0 bridgehead atoms. The topological polar surface area (TPSA) is 103 Å². The number of likely N-dealkylation sites (tertiary alicyclic amines) is 1. The van der Waals surface area contributed by atoms with Crippen molar-refractivity contribution in [1.29, 1.82) is 0 Å². The van der Waals surface area contributed by atoms with Crippen molar-refractivity contribution >= 4 is 40.4 Å². The van der Waals surface area contributed by atoms with Crippen LogP contribution in [0.3, 0.4) is 0 Å². The second-order valence-corrected chi connectivity index (χ2v) is 8.68. The minimum Gasteiger partial charge on any atom is -0.494 e. The number of anilines is 6. The third kappa shape index (κ3) is 8.51. The Morgan fingerprint density at radius 3 is 2.51 bits per heavy atom. The molecule has 3 aromatic rings. The zero-order valence-electron chi connectivity index (χ0n) is 22.4. The van der Waals surface area contributed by atoms with Gasteiger partial charge in [0, 0.05) is 49.0 Å². The molecule has 1 aliphatic heterocycles. The first-order valence-corrected chi connectivity index (χ1v) is 12.3. The normalized spacial score (nSPS) is 13.2. The number of methoxy groups -OCH3 is 1. The molecule has 220 valence electrons. The smallest absolute Gasteiger partial charge is 0.421 e.